The molecular weight excluding hydrogens is 224 g/mol. The monoisotopic (exact) mass is 256 g/mol. The average Bonchev–Trinajstić information content (AvgIpc) is 2.34. The second-order valence-corrected chi connectivity index (χ2v) is 5.34. The van der Waals surface area contributed by atoms with Crippen LogP contribution in [0.25, 0.3) is 0 Å². The van der Waals surface area contributed by atoms with Crippen LogP contribution in [0.4, 0.5) is 0 Å². The summed E-state index contributed by atoms with van der Waals surface area (Å²) in [5.41, 5.74) is 0. The van der Waals surface area contributed by atoms with E-state index in [1.165, 1.54) is 12.8 Å². The molecule has 0 amide bonds. The van der Waals surface area contributed by atoms with Gasteiger partial charge in [-0.2, -0.15) is 0 Å². The first-order chi connectivity index (χ1) is 8.56. The molecule has 0 aliphatic carbocycles. The van der Waals surface area contributed by atoms with Gasteiger partial charge in [0.05, 0.1) is 6.10 Å². The van der Waals surface area contributed by atoms with Gasteiger partial charge in [-0.15, -0.1) is 0 Å². The third kappa shape index (κ3) is 7.14. The first-order valence-electron chi connectivity index (χ1n) is 7.31. The van der Waals surface area contributed by atoms with Gasteiger partial charge in [0.2, 0.25) is 0 Å². The molecule has 3 atom stereocenters. The molecule has 3 heteroatoms. The Kier molecular flexibility index (Phi) is 10.3. The minimum absolute atomic E-state index is 0.104. The number of aliphatic hydroxyl groups excluding tert-OH is 1. The van der Waals surface area contributed by atoms with Crippen molar-refractivity contribution in [3.8, 4) is 0 Å². The third-order valence-electron chi connectivity index (χ3n) is 3.37. The highest BCUT2D eigenvalue weighted by Gasteiger charge is 2.19. The molecule has 0 bridgehead atoms. The summed E-state index contributed by atoms with van der Waals surface area (Å²) in [6.45, 7) is 9.40. The maximum Gasteiger partial charge on any atom is 0.0876 e. The Hall–Kier alpha value is -0.380. The summed E-state index contributed by atoms with van der Waals surface area (Å²) in [4.78, 5) is 0. The van der Waals surface area contributed by atoms with Gasteiger partial charge in [-0.25, -0.2) is 0 Å². The van der Waals surface area contributed by atoms with Crippen LogP contribution in [-0.2, 0) is 0 Å². The highest BCUT2D eigenvalue weighted by Crippen LogP contribution is 2.14. The maximum atomic E-state index is 10.2. The molecule has 3 N–H and O–H groups in total. The SMILES string of the molecule is CCCC(/C=C/C(O)C(NCNC)C(C)C)CC. The Bertz CT molecular complexity index is 217. The highest BCUT2D eigenvalue weighted by molar-refractivity contribution is 4.98. The summed E-state index contributed by atoms with van der Waals surface area (Å²) in [6.07, 6.45) is 7.29. The molecule has 0 aromatic carbocycles. The first kappa shape index (κ1) is 17.6. The zero-order valence-corrected chi connectivity index (χ0v) is 12.7. The van der Waals surface area contributed by atoms with Crippen molar-refractivity contribution in [2.45, 2.75) is 59.1 Å². The van der Waals surface area contributed by atoms with Gasteiger partial charge in [0.15, 0.2) is 0 Å². The number of hydrogen-bond donors (Lipinski definition) is 3. The van der Waals surface area contributed by atoms with Crippen LogP contribution in [0.5, 0.6) is 0 Å². The molecule has 0 saturated carbocycles. The van der Waals surface area contributed by atoms with E-state index in [4.69, 9.17) is 0 Å². The van der Waals surface area contributed by atoms with E-state index in [9.17, 15) is 5.11 Å². The fourth-order valence-electron chi connectivity index (χ4n) is 2.17. The van der Waals surface area contributed by atoms with Gasteiger partial charge in [-0.05, 0) is 31.7 Å². The number of aliphatic hydroxyl groups is 1. The molecule has 18 heavy (non-hydrogen) atoms. The number of hydrogen-bond acceptors (Lipinski definition) is 3. The van der Waals surface area contributed by atoms with Crippen LogP contribution >= 0.6 is 0 Å². The fourth-order valence-corrected chi connectivity index (χ4v) is 2.17. The summed E-state index contributed by atoms with van der Waals surface area (Å²) in [7, 11) is 1.90. The second-order valence-electron chi connectivity index (χ2n) is 5.34. The lowest BCUT2D eigenvalue weighted by atomic mass is 9.95. The zero-order valence-electron chi connectivity index (χ0n) is 12.7. The lowest BCUT2D eigenvalue weighted by Crippen LogP contribution is -2.46. The smallest absolute Gasteiger partial charge is 0.0876 e. The normalized spacial score (nSPS) is 17.3. The molecular formula is C15H32N2O. The molecule has 0 rings (SSSR count). The van der Waals surface area contributed by atoms with Crippen molar-refractivity contribution >= 4 is 0 Å². The van der Waals surface area contributed by atoms with Crippen LogP contribution in [0.15, 0.2) is 12.2 Å². The summed E-state index contributed by atoms with van der Waals surface area (Å²) in [5.74, 6) is 1.01. The van der Waals surface area contributed by atoms with E-state index in [0.717, 1.165) is 13.1 Å². The van der Waals surface area contributed by atoms with Crippen molar-refractivity contribution < 1.29 is 5.11 Å². The molecule has 0 saturated heterocycles. The largest absolute Gasteiger partial charge is 0.387 e. The molecule has 0 radical (unpaired) electrons. The molecule has 0 heterocycles. The minimum Gasteiger partial charge on any atom is -0.387 e. The molecule has 3 unspecified atom stereocenters. The molecule has 0 fully saturated rings. The van der Waals surface area contributed by atoms with Gasteiger partial charge in [0.1, 0.15) is 0 Å². The van der Waals surface area contributed by atoms with Crippen molar-refractivity contribution in [1.82, 2.24) is 10.6 Å². The van der Waals surface area contributed by atoms with Gasteiger partial charge in [-0.1, -0.05) is 46.3 Å². The molecule has 0 aliphatic rings. The topological polar surface area (TPSA) is 44.3 Å². The predicted molar refractivity (Wildman–Crippen MR) is 79.5 cm³/mol. The van der Waals surface area contributed by atoms with Gasteiger partial charge < -0.3 is 10.4 Å². The highest BCUT2D eigenvalue weighted by atomic mass is 16.3. The van der Waals surface area contributed by atoms with E-state index >= 15 is 0 Å². The lowest BCUT2D eigenvalue weighted by molar-refractivity contribution is 0.144. The van der Waals surface area contributed by atoms with Crippen LogP contribution < -0.4 is 10.6 Å². The second kappa shape index (κ2) is 10.5. The Labute approximate surface area is 113 Å². The predicted octanol–water partition coefficient (Wildman–Crippen LogP) is 2.52. The number of nitrogens with one attached hydrogen (secondary N) is 2. The first-order valence-corrected chi connectivity index (χ1v) is 7.31. The standard InChI is InChI=1S/C15H32N2O/c1-6-8-13(7-2)9-10-14(18)15(12(3)4)17-11-16-5/h9-10,12-18H,6-8,11H2,1-5H3/b10-9+. The van der Waals surface area contributed by atoms with Crippen LogP contribution in [0, 0.1) is 11.8 Å². The molecule has 3 nitrogen and oxygen atoms in total. The van der Waals surface area contributed by atoms with Crippen molar-refractivity contribution in [1.29, 1.82) is 0 Å². The number of allylic oxidation sites excluding steroid dienone is 1. The van der Waals surface area contributed by atoms with E-state index < -0.39 is 6.10 Å². The lowest BCUT2D eigenvalue weighted by Gasteiger charge is -2.26. The van der Waals surface area contributed by atoms with Crippen LogP contribution in [0.2, 0.25) is 0 Å². The summed E-state index contributed by atoms with van der Waals surface area (Å²) in [5, 5.41) is 16.6. The van der Waals surface area contributed by atoms with Gasteiger partial charge in [0, 0.05) is 12.7 Å². The molecule has 0 aromatic heterocycles. The van der Waals surface area contributed by atoms with Crippen molar-refractivity contribution in [2.75, 3.05) is 13.7 Å². The van der Waals surface area contributed by atoms with Crippen molar-refractivity contribution in [3.05, 3.63) is 12.2 Å². The van der Waals surface area contributed by atoms with E-state index in [2.05, 4.69) is 44.4 Å². The van der Waals surface area contributed by atoms with Gasteiger partial charge in [0.25, 0.3) is 0 Å². The maximum absolute atomic E-state index is 10.2. The summed E-state index contributed by atoms with van der Waals surface area (Å²) >= 11 is 0. The van der Waals surface area contributed by atoms with Gasteiger partial charge in [-0.3, -0.25) is 5.32 Å². The van der Waals surface area contributed by atoms with E-state index in [1.807, 2.05) is 13.1 Å². The van der Waals surface area contributed by atoms with E-state index in [0.29, 0.717) is 11.8 Å². The van der Waals surface area contributed by atoms with Crippen LogP contribution in [0.1, 0.15) is 47.0 Å². The molecule has 108 valence electrons. The van der Waals surface area contributed by atoms with E-state index in [-0.39, 0.29) is 6.04 Å². The molecule has 0 aromatic rings. The summed E-state index contributed by atoms with van der Waals surface area (Å²) < 4.78 is 0. The van der Waals surface area contributed by atoms with Crippen molar-refractivity contribution in [3.63, 3.8) is 0 Å². The Balaban J connectivity index is 4.38. The fraction of sp³-hybridized carbons (Fsp3) is 0.867. The van der Waals surface area contributed by atoms with Crippen LogP contribution in [0.3, 0.4) is 0 Å². The minimum atomic E-state index is -0.413. The summed E-state index contributed by atoms with van der Waals surface area (Å²) in [6, 6.07) is 0.104. The Morgan fingerprint density at radius 1 is 1.17 bits per heavy atom. The van der Waals surface area contributed by atoms with Crippen molar-refractivity contribution in [2.24, 2.45) is 11.8 Å². The van der Waals surface area contributed by atoms with E-state index in [1.54, 1.807) is 0 Å². The zero-order chi connectivity index (χ0) is 14.0. The van der Waals surface area contributed by atoms with Crippen LogP contribution in [-0.4, -0.2) is 31.0 Å². The third-order valence-corrected chi connectivity index (χ3v) is 3.37. The quantitative estimate of drug-likeness (QED) is 0.416. The number of rotatable bonds is 10. The Morgan fingerprint density at radius 3 is 2.28 bits per heavy atom. The van der Waals surface area contributed by atoms with Gasteiger partial charge >= 0.3 is 0 Å². The molecule has 0 spiro atoms. The molecule has 0 aliphatic heterocycles. The average molecular weight is 256 g/mol. The Morgan fingerprint density at radius 2 is 1.83 bits per heavy atom.